The SMILES string of the molecule is CN(C(=O)CNc1ccc(C#N)cc1)C1CCS(=O)(=O)C1. The van der Waals surface area contributed by atoms with Crippen LogP contribution >= 0.6 is 0 Å². The molecule has 0 aliphatic carbocycles. The smallest absolute Gasteiger partial charge is 0.241 e. The Bertz CT molecular complexity index is 662. The van der Waals surface area contributed by atoms with E-state index in [-0.39, 0.29) is 30.0 Å². The highest BCUT2D eigenvalue weighted by Gasteiger charge is 2.32. The van der Waals surface area contributed by atoms with Gasteiger partial charge in [-0.05, 0) is 30.7 Å². The van der Waals surface area contributed by atoms with Crippen LogP contribution in [0.1, 0.15) is 12.0 Å². The number of hydrogen-bond acceptors (Lipinski definition) is 5. The predicted molar refractivity (Wildman–Crippen MR) is 79.5 cm³/mol. The Kier molecular flexibility index (Phi) is 4.48. The third kappa shape index (κ3) is 3.95. The number of carbonyl (C=O) groups is 1. The Morgan fingerprint density at radius 2 is 2.10 bits per heavy atom. The topological polar surface area (TPSA) is 90.3 Å². The standard InChI is InChI=1S/C14H17N3O3S/c1-17(13-6-7-21(19,20)10-13)14(18)9-16-12-4-2-11(8-15)3-5-12/h2-5,13,16H,6-7,9-10H2,1H3. The summed E-state index contributed by atoms with van der Waals surface area (Å²) in [6.45, 7) is 0.0962. The third-order valence-corrected chi connectivity index (χ3v) is 5.36. The van der Waals surface area contributed by atoms with Gasteiger partial charge in [-0.15, -0.1) is 0 Å². The highest BCUT2D eigenvalue weighted by Crippen LogP contribution is 2.16. The highest BCUT2D eigenvalue weighted by molar-refractivity contribution is 7.91. The number of benzene rings is 1. The molecule has 2 rings (SSSR count). The normalized spacial score (nSPS) is 19.7. The minimum atomic E-state index is -2.99. The van der Waals surface area contributed by atoms with Gasteiger partial charge in [0.15, 0.2) is 9.84 Å². The van der Waals surface area contributed by atoms with Crippen LogP contribution in [0.4, 0.5) is 5.69 Å². The van der Waals surface area contributed by atoms with Crippen LogP contribution in [0.2, 0.25) is 0 Å². The van der Waals surface area contributed by atoms with Crippen molar-refractivity contribution in [3.8, 4) is 6.07 Å². The molecule has 1 atom stereocenters. The molecule has 1 unspecified atom stereocenters. The van der Waals surface area contributed by atoms with Crippen LogP contribution in [-0.2, 0) is 14.6 Å². The molecule has 112 valence electrons. The largest absolute Gasteiger partial charge is 0.376 e. The monoisotopic (exact) mass is 307 g/mol. The maximum absolute atomic E-state index is 12.1. The van der Waals surface area contributed by atoms with E-state index in [1.165, 1.54) is 4.90 Å². The van der Waals surface area contributed by atoms with E-state index in [4.69, 9.17) is 5.26 Å². The fraction of sp³-hybridized carbons (Fsp3) is 0.429. The molecule has 1 aliphatic rings. The van der Waals surface area contributed by atoms with Crippen LogP contribution < -0.4 is 5.32 Å². The summed E-state index contributed by atoms with van der Waals surface area (Å²) in [7, 11) is -1.36. The van der Waals surface area contributed by atoms with Crippen LogP contribution in [0.3, 0.4) is 0 Å². The number of sulfone groups is 1. The summed E-state index contributed by atoms with van der Waals surface area (Å²) in [6, 6.07) is 8.58. The molecule has 0 aromatic heterocycles. The Hall–Kier alpha value is -2.07. The predicted octanol–water partition coefficient (Wildman–Crippen LogP) is 0.616. The van der Waals surface area contributed by atoms with E-state index in [2.05, 4.69) is 5.32 Å². The summed E-state index contributed by atoms with van der Waals surface area (Å²) in [5, 5.41) is 11.7. The minimum absolute atomic E-state index is 0.0477. The van der Waals surface area contributed by atoms with Crippen LogP contribution in [-0.4, -0.2) is 50.4 Å². The molecule has 0 radical (unpaired) electrons. The number of anilines is 1. The van der Waals surface area contributed by atoms with Crippen LogP contribution in [0, 0.1) is 11.3 Å². The van der Waals surface area contributed by atoms with Crippen LogP contribution in [0.15, 0.2) is 24.3 Å². The molecule has 21 heavy (non-hydrogen) atoms. The number of nitrogens with zero attached hydrogens (tertiary/aromatic N) is 2. The van der Waals surface area contributed by atoms with Crippen molar-refractivity contribution in [2.45, 2.75) is 12.5 Å². The van der Waals surface area contributed by atoms with Gasteiger partial charge in [0.05, 0.1) is 29.7 Å². The molecule has 1 aromatic carbocycles. The van der Waals surface area contributed by atoms with E-state index in [1.54, 1.807) is 31.3 Å². The molecule has 6 nitrogen and oxygen atoms in total. The zero-order valence-corrected chi connectivity index (χ0v) is 12.6. The van der Waals surface area contributed by atoms with E-state index in [9.17, 15) is 13.2 Å². The molecule has 1 saturated heterocycles. The van der Waals surface area contributed by atoms with Crippen molar-refractivity contribution in [1.29, 1.82) is 5.26 Å². The summed E-state index contributed by atoms with van der Waals surface area (Å²) < 4.78 is 22.9. The van der Waals surface area contributed by atoms with Gasteiger partial charge in [-0.1, -0.05) is 0 Å². The number of amides is 1. The number of nitrogens with one attached hydrogen (secondary N) is 1. The first kappa shape index (κ1) is 15.3. The summed E-state index contributed by atoms with van der Waals surface area (Å²) in [5.41, 5.74) is 1.30. The Morgan fingerprint density at radius 1 is 1.43 bits per heavy atom. The molecule has 1 fully saturated rings. The summed E-state index contributed by atoms with van der Waals surface area (Å²) in [5.74, 6) is 0.0474. The van der Waals surface area contributed by atoms with Gasteiger partial charge in [0.25, 0.3) is 0 Å². The molecule has 1 amide bonds. The lowest BCUT2D eigenvalue weighted by Gasteiger charge is -2.23. The van der Waals surface area contributed by atoms with Crippen molar-refractivity contribution in [3.63, 3.8) is 0 Å². The number of rotatable bonds is 4. The second-order valence-electron chi connectivity index (χ2n) is 5.10. The first-order valence-electron chi connectivity index (χ1n) is 6.61. The highest BCUT2D eigenvalue weighted by atomic mass is 32.2. The van der Waals surface area contributed by atoms with E-state index in [0.29, 0.717) is 12.0 Å². The molecule has 7 heteroatoms. The Labute approximate surface area is 124 Å². The average molecular weight is 307 g/mol. The molecule has 0 bridgehead atoms. The van der Waals surface area contributed by atoms with Crippen molar-refractivity contribution < 1.29 is 13.2 Å². The van der Waals surface area contributed by atoms with E-state index < -0.39 is 9.84 Å². The molecule has 1 aromatic rings. The van der Waals surface area contributed by atoms with Gasteiger partial charge in [-0.2, -0.15) is 5.26 Å². The van der Waals surface area contributed by atoms with Gasteiger partial charge >= 0.3 is 0 Å². The number of nitriles is 1. The third-order valence-electron chi connectivity index (χ3n) is 3.61. The van der Waals surface area contributed by atoms with Crippen LogP contribution in [0.25, 0.3) is 0 Å². The molecule has 0 saturated carbocycles. The van der Waals surface area contributed by atoms with Crippen molar-refractivity contribution in [3.05, 3.63) is 29.8 Å². The van der Waals surface area contributed by atoms with Crippen molar-refractivity contribution in [1.82, 2.24) is 4.90 Å². The van der Waals surface area contributed by atoms with Gasteiger partial charge in [0, 0.05) is 18.8 Å². The lowest BCUT2D eigenvalue weighted by atomic mass is 10.2. The van der Waals surface area contributed by atoms with Crippen molar-refractivity contribution >= 4 is 21.4 Å². The molecule has 1 heterocycles. The molecule has 0 spiro atoms. The van der Waals surface area contributed by atoms with E-state index in [0.717, 1.165) is 5.69 Å². The average Bonchev–Trinajstić information content (AvgIpc) is 2.84. The Morgan fingerprint density at radius 3 is 2.62 bits per heavy atom. The second-order valence-corrected chi connectivity index (χ2v) is 7.33. The molecular weight excluding hydrogens is 290 g/mol. The zero-order chi connectivity index (χ0) is 15.5. The summed E-state index contributed by atoms with van der Waals surface area (Å²) in [4.78, 5) is 13.6. The number of hydrogen-bond donors (Lipinski definition) is 1. The fourth-order valence-electron chi connectivity index (χ4n) is 2.25. The van der Waals surface area contributed by atoms with Crippen molar-refractivity contribution in [2.75, 3.05) is 30.4 Å². The Balaban J connectivity index is 1.88. The maximum Gasteiger partial charge on any atom is 0.241 e. The first-order chi connectivity index (χ1) is 9.91. The van der Waals surface area contributed by atoms with Gasteiger partial charge in [-0.3, -0.25) is 4.79 Å². The lowest BCUT2D eigenvalue weighted by Crippen LogP contribution is -2.40. The van der Waals surface area contributed by atoms with Gasteiger partial charge in [-0.25, -0.2) is 8.42 Å². The summed E-state index contributed by atoms with van der Waals surface area (Å²) >= 11 is 0. The van der Waals surface area contributed by atoms with Crippen LogP contribution in [0.5, 0.6) is 0 Å². The number of carbonyl (C=O) groups excluding carboxylic acids is 1. The zero-order valence-electron chi connectivity index (χ0n) is 11.7. The molecule has 1 N–H and O–H groups in total. The quantitative estimate of drug-likeness (QED) is 0.880. The lowest BCUT2D eigenvalue weighted by molar-refractivity contribution is -0.129. The van der Waals surface area contributed by atoms with E-state index >= 15 is 0 Å². The minimum Gasteiger partial charge on any atom is -0.376 e. The first-order valence-corrected chi connectivity index (χ1v) is 8.43. The van der Waals surface area contributed by atoms with E-state index in [1.807, 2.05) is 6.07 Å². The fourth-order valence-corrected chi connectivity index (χ4v) is 4.02. The maximum atomic E-state index is 12.1. The van der Waals surface area contributed by atoms with Gasteiger partial charge in [0.1, 0.15) is 0 Å². The molecule has 1 aliphatic heterocycles. The van der Waals surface area contributed by atoms with Crippen molar-refractivity contribution in [2.24, 2.45) is 0 Å². The summed E-state index contributed by atoms with van der Waals surface area (Å²) in [6.07, 6.45) is 0.501. The second kappa shape index (κ2) is 6.14. The van der Waals surface area contributed by atoms with Gasteiger partial charge < -0.3 is 10.2 Å². The van der Waals surface area contributed by atoms with Gasteiger partial charge in [0.2, 0.25) is 5.91 Å². The number of likely N-dealkylation sites (N-methyl/N-ethyl adjacent to an activating group) is 1. The molecular formula is C14H17N3O3S.